The van der Waals surface area contributed by atoms with Crippen molar-refractivity contribution in [2.45, 2.75) is 64.0 Å². The molecule has 194 valence electrons. The lowest BCUT2D eigenvalue weighted by atomic mass is 9.96. The van der Waals surface area contributed by atoms with Crippen LogP contribution in [0, 0.1) is 6.92 Å². The SMILES string of the molecule is C=C1Nc2cc(-c3noc(=O)[nH]3)nc(C3CC3)c2CN1c1cc2c(cc1C)CCC(C1=C(F)CCC=N1)O2. The van der Waals surface area contributed by atoms with Crippen molar-refractivity contribution in [2.24, 2.45) is 4.99 Å². The van der Waals surface area contributed by atoms with Gasteiger partial charge in [-0.15, -0.1) is 0 Å². The van der Waals surface area contributed by atoms with E-state index >= 15 is 0 Å². The molecule has 0 spiro atoms. The highest BCUT2D eigenvalue weighted by Gasteiger charge is 2.34. The number of nitrogens with zero attached hydrogens (tertiary/aromatic N) is 4. The molecule has 0 amide bonds. The number of nitrogens with one attached hydrogen (secondary N) is 2. The third-order valence-corrected chi connectivity index (χ3v) is 7.65. The van der Waals surface area contributed by atoms with Gasteiger partial charge in [0.25, 0.3) is 0 Å². The van der Waals surface area contributed by atoms with E-state index in [0.717, 1.165) is 58.8 Å². The summed E-state index contributed by atoms with van der Waals surface area (Å²) in [6.07, 6.45) is 6.05. The molecular formula is C28H27FN6O3. The first-order chi connectivity index (χ1) is 18.4. The van der Waals surface area contributed by atoms with Crippen molar-refractivity contribution in [3.63, 3.8) is 0 Å². The highest BCUT2D eigenvalue weighted by Crippen LogP contribution is 2.46. The van der Waals surface area contributed by atoms with E-state index in [0.29, 0.717) is 54.8 Å². The molecule has 1 fully saturated rings. The number of fused-ring (bicyclic) bond motifs is 2. The van der Waals surface area contributed by atoms with E-state index in [1.165, 1.54) is 0 Å². The number of halogens is 1. The Morgan fingerprint density at radius 2 is 2.05 bits per heavy atom. The number of aryl methyl sites for hydroxylation is 2. The van der Waals surface area contributed by atoms with E-state index in [1.807, 2.05) is 12.1 Å². The number of hydrogen-bond acceptors (Lipinski definition) is 8. The zero-order valence-corrected chi connectivity index (χ0v) is 21.0. The second kappa shape index (κ2) is 8.68. The molecule has 1 aromatic carbocycles. The molecule has 7 rings (SSSR count). The lowest BCUT2D eigenvalue weighted by Gasteiger charge is -2.36. The van der Waals surface area contributed by atoms with Crippen molar-refractivity contribution in [3.05, 3.63) is 75.1 Å². The van der Waals surface area contributed by atoms with Gasteiger partial charge in [-0.25, -0.2) is 14.2 Å². The smallest absolute Gasteiger partial charge is 0.439 e. The molecule has 0 radical (unpaired) electrons. The van der Waals surface area contributed by atoms with E-state index in [4.69, 9.17) is 14.2 Å². The summed E-state index contributed by atoms with van der Waals surface area (Å²) in [5.41, 5.74) is 7.16. The van der Waals surface area contributed by atoms with Crippen molar-refractivity contribution < 1.29 is 13.7 Å². The number of rotatable bonds is 4. The van der Waals surface area contributed by atoms with Crippen molar-refractivity contribution in [2.75, 3.05) is 10.2 Å². The number of hydrogen-bond donors (Lipinski definition) is 2. The van der Waals surface area contributed by atoms with Crippen molar-refractivity contribution >= 4 is 17.6 Å². The van der Waals surface area contributed by atoms with Gasteiger partial charge in [-0.2, -0.15) is 0 Å². The fourth-order valence-corrected chi connectivity index (χ4v) is 5.57. The molecule has 3 aliphatic heterocycles. The van der Waals surface area contributed by atoms with Gasteiger partial charge in [0.05, 0.1) is 12.2 Å². The molecule has 3 aromatic rings. The van der Waals surface area contributed by atoms with Crippen LogP contribution in [0.15, 0.2) is 56.4 Å². The minimum Gasteiger partial charge on any atom is -0.484 e. The number of H-pyrrole nitrogens is 1. The van der Waals surface area contributed by atoms with Crippen LogP contribution in [0.2, 0.25) is 0 Å². The van der Waals surface area contributed by atoms with E-state index in [2.05, 4.69) is 44.9 Å². The number of aliphatic imine (C=N–C) groups is 1. The highest BCUT2D eigenvalue weighted by atomic mass is 19.1. The van der Waals surface area contributed by atoms with Gasteiger partial charge in [-0.05, 0) is 56.2 Å². The number of aromatic amines is 1. The average Bonchev–Trinajstić information content (AvgIpc) is 3.67. The van der Waals surface area contributed by atoms with Crippen LogP contribution < -0.4 is 20.7 Å². The Morgan fingerprint density at radius 3 is 2.82 bits per heavy atom. The van der Waals surface area contributed by atoms with Crippen LogP contribution in [-0.4, -0.2) is 27.4 Å². The first-order valence-electron chi connectivity index (χ1n) is 13.0. The van der Waals surface area contributed by atoms with Crippen LogP contribution in [-0.2, 0) is 13.0 Å². The summed E-state index contributed by atoms with van der Waals surface area (Å²) in [4.78, 5) is 25.4. The third kappa shape index (κ3) is 3.91. The maximum atomic E-state index is 14.5. The fraction of sp³-hybridized carbons (Fsp3) is 0.357. The lowest BCUT2D eigenvalue weighted by Crippen LogP contribution is -2.33. The van der Waals surface area contributed by atoms with Crippen LogP contribution in [0.5, 0.6) is 5.75 Å². The summed E-state index contributed by atoms with van der Waals surface area (Å²) in [7, 11) is 0. The van der Waals surface area contributed by atoms with Crippen LogP contribution in [0.3, 0.4) is 0 Å². The first kappa shape index (κ1) is 22.9. The van der Waals surface area contributed by atoms with Crippen molar-refractivity contribution in [1.29, 1.82) is 0 Å². The topological polar surface area (TPSA) is 109 Å². The molecule has 38 heavy (non-hydrogen) atoms. The molecule has 2 N–H and O–H groups in total. The highest BCUT2D eigenvalue weighted by molar-refractivity contribution is 5.73. The zero-order chi connectivity index (χ0) is 26.0. The summed E-state index contributed by atoms with van der Waals surface area (Å²) in [6.45, 7) is 6.98. The predicted octanol–water partition coefficient (Wildman–Crippen LogP) is 5.25. The van der Waals surface area contributed by atoms with E-state index in [9.17, 15) is 9.18 Å². The first-order valence-corrected chi connectivity index (χ1v) is 13.0. The number of allylic oxidation sites excluding steroid dienone is 1. The zero-order valence-electron chi connectivity index (χ0n) is 21.0. The minimum absolute atomic E-state index is 0.173. The molecule has 1 saturated carbocycles. The molecule has 10 heteroatoms. The maximum Gasteiger partial charge on any atom is 0.439 e. The number of aromatic nitrogens is 3. The fourth-order valence-electron chi connectivity index (χ4n) is 5.57. The van der Waals surface area contributed by atoms with Crippen LogP contribution >= 0.6 is 0 Å². The quantitative estimate of drug-likeness (QED) is 0.489. The van der Waals surface area contributed by atoms with Gasteiger partial charge in [0.1, 0.15) is 34.9 Å². The third-order valence-electron chi connectivity index (χ3n) is 7.65. The average molecular weight is 515 g/mol. The Morgan fingerprint density at radius 1 is 1.18 bits per heavy atom. The monoisotopic (exact) mass is 514 g/mol. The molecule has 0 saturated heterocycles. The Hall–Kier alpha value is -4.21. The summed E-state index contributed by atoms with van der Waals surface area (Å²) in [5, 5.41) is 7.27. The number of benzene rings is 1. The maximum absolute atomic E-state index is 14.5. The molecule has 5 heterocycles. The summed E-state index contributed by atoms with van der Waals surface area (Å²) in [5.74, 6) is 1.36. The largest absolute Gasteiger partial charge is 0.484 e. The molecule has 0 bridgehead atoms. The summed E-state index contributed by atoms with van der Waals surface area (Å²) in [6, 6.07) is 6.07. The van der Waals surface area contributed by atoms with Gasteiger partial charge in [0.2, 0.25) is 5.82 Å². The second-order valence-electron chi connectivity index (χ2n) is 10.3. The van der Waals surface area contributed by atoms with E-state index in [1.54, 1.807) is 6.21 Å². The van der Waals surface area contributed by atoms with Crippen molar-refractivity contribution in [1.82, 2.24) is 15.1 Å². The number of anilines is 2. The van der Waals surface area contributed by atoms with Crippen molar-refractivity contribution in [3.8, 4) is 17.3 Å². The van der Waals surface area contributed by atoms with Gasteiger partial charge in [0, 0.05) is 41.6 Å². The molecular weight excluding hydrogens is 487 g/mol. The molecule has 1 atom stereocenters. The number of pyridine rings is 1. The molecule has 9 nitrogen and oxygen atoms in total. The van der Waals surface area contributed by atoms with E-state index in [-0.39, 0.29) is 11.9 Å². The van der Waals surface area contributed by atoms with Crippen LogP contribution in [0.25, 0.3) is 11.5 Å². The van der Waals surface area contributed by atoms with Crippen LogP contribution in [0.1, 0.15) is 60.4 Å². The van der Waals surface area contributed by atoms with Gasteiger partial charge >= 0.3 is 5.76 Å². The number of ether oxygens (including phenoxy) is 1. The Balaban J connectivity index is 1.23. The van der Waals surface area contributed by atoms with Crippen LogP contribution in [0.4, 0.5) is 15.8 Å². The second-order valence-corrected chi connectivity index (χ2v) is 10.3. The standard InChI is InChI=1S/C28H27FN6O3/c1-14-10-17-7-8-23(26-19(29)4-3-9-30-26)37-24(17)12-22(14)35-13-18-20(31-15(35)2)11-21(27-33-28(36)38-34-27)32-25(18)16-5-6-16/h9-12,16,23,31H,2-8,13H2,1H3,(H,33,34,36). The van der Waals surface area contributed by atoms with Gasteiger partial charge in [-0.1, -0.05) is 17.8 Å². The summed E-state index contributed by atoms with van der Waals surface area (Å²) >= 11 is 0. The molecule has 4 aliphatic rings. The Labute approximate surface area is 218 Å². The normalized spacial score (nSPS) is 20.6. The Bertz CT molecular complexity index is 1600. The minimum atomic E-state index is -0.613. The van der Waals surface area contributed by atoms with Gasteiger partial charge < -0.3 is 15.0 Å². The molecule has 2 aromatic heterocycles. The van der Waals surface area contributed by atoms with Gasteiger partial charge in [0.15, 0.2) is 0 Å². The molecule has 1 aliphatic carbocycles. The molecule has 1 unspecified atom stereocenters. The Kier molecular flexibility index (Phi) is 5.24. The predicted molar refractivity (Wildman–Crippen MR) is 141 cm³/mol. The lowest BCUT2D eigenvalue weighted by molar-refractivity contribution is 0.201. The summed E-state index contributed by atoms with van der Waals surface area (Å²) < 4.78 is 25.5. The van der Waals surface area contributed by atoms with Gasteiger partial charge in [-0.3, -0.25) is 14.5 Å². The van der Waals surface area contributed by atoms with E-state index < -0.39 is 5.76 Å².